The molecule has 1 saturated heterocycles. The minimum Gasteiger partial charge on any atom is -0.462 e. The molecule has 2 fully saturated rings. The quantitative estimate of drug-likeness (QED) is 0.414. The average molecular weight is 528 g/mol. The summed E-state index contributed by atoms with van der Waals surface area (Å²) < 4.78 is 24.3. The van der Waals surface area contributed by atoms with E-state index in [1.165, 1.54) is 24.7 Å². The Morgan fingerprint density at radius 3 is 2.50 bits per heavy atom. The van der Waals surface area contributed by atoms with Crippen molar-refractivity contribution in [1.82, 2.24) is 14.6 Å². The molecule has 0 unspecified atom stereocenters. The highest BCUT2D eigenvalue weighted by Gasteiger charge is 2.62. The number of aromatic nitrogens is 3. The summed E-state index contributed by atoms with van der Waals surface area (Å²) in [6.07, 6.45) is 2.63. The highest BCUT2D eigenvalue weighted by molar-refractivity contribution is 5.76. The Kier molecular flexibility index (Phi) is 7.60. The molecule has 4 atom stereocenters. The average Bonchev–Trinajstić information content (AvgIpc) is 3.44. The summed E-state index contributed by atoms with van der Waals surface area (Å²) in [4.78, 5) is 41.4. The number of rotatable bonds is 7. The van der Waals surface area contributed by atoms with Gasteiger partial charge >= 0.3 is 17.9 Å². The topological polar surface area (TPSA) is 168 Å². The summed E-state index contributed by atoms with van der Waals surface area (Å²) in [7, 11) is 0. The molecule has 12 heteroatoms. The van der Waals surface area contributed by atoms with Crippen molar-refractivity contribution in [2.45, 2.75) is 83.7 Å². The van der Waals surface area contributed by atoms with Gasteiger partial charge in [-0.2, -0.15) is 10.4 Å². The summed E-state index contributed by atoms with van der Waals surface area (Å²) in [6.45, 7) is 5.76. The number of anilines is 1. The summed E-state index contributed by atoms with van der Waals surface area (Å²) in [5, 5.41) is 14.6. The lowest BCUT2D eigenvalue weighted by molar-refractivity contribution is -0.169. The van der Waals surface area contributed by atoms with Crippen molar-refractivity contribution in [3.63, 3.8) is 0 Å². The van der Waals surface area contributed by atoms with Gasteiger partial charge in [0.15, 0.2) is 18.0 Å². The van der Waals surface area contributed by atoms with Crippen LogP contribution >= 0.6 is 0 Å². The maximum atomic E-state index is 13.2. The number of nitrogen functional groups attached to an aromatic ring is 1. The lowest BCUT2D eigenvalue weighted by atomic mass is 9.71. The molecular formula is C26H33N5O7. The van der Waals surface area contributed by atoms with Gasteiger partial charge in [-0.05, 0) is 44.7 Å². The fourth-order valence-corrected chi connectivity index (χ4v) is 5.51. The SMILES string of the molecule is CC(=O)O[C@H]1[C@@H](OC(C)=O)[C@](C#N)(c2ccc3c(N)ncnn23)O[C@@H]1COC(=O)C(C)(C)C1CCCCC1. The van der Waals surface area contributed by atoms with Crippen LogP contribution in [0.4, 0.5) is 5.82 Å². The van der Waals surface area contributed by atoms with Crippen LogP contribution < -0.4 is 5.73 Å². The fourth-order valence-electron chi connectivity index (χ4n) is 5.51. The summed E-state index contributed by atoms with van der Waals surface area (Å²) in [5.74, 6) is -1.48. The molecule has 0 amide bonds. The normalized spacial score (nSPS) is 26.0. The first-order valence-electron chi connectivity index (χ1n) is 12.7. The van der Waals surface area contributed by atoms with Gasteiger partial charge in [-0.15, -0.1) is 0 Å². The lowest BCUT2D eigenvalue weighted by Gasteiger charge is -2.35. The van der Waals surface area contributed by atoms with Crippen LogP contribution in [0.25, 0.3) is 5.52 Å². The smallest absolute Gasteiger partial charge is 0.311 e. The minimum atomic E-state index is -1.96. The van der Waals surface area contributed by atoms with Crippen LogP contribution in [-0.2, 0) is 38.9 Å². The van der Waals surface area contributed by atoms with Crippen molar-refractivity contribution >= 4 is 29.2 Å². The Morgan fingerprint density at radius 2 is 1.87 bits per heavy atom. The summed E-state index contributed by atoms with van der Waals surface area (Å²) in [6, 6.07) is 5.24. The zero-order valence-electron chi connectivity index (χ0n) is 22.0. The van der Waals surface area contributed by atoms with Gasteiger partial charge < -0.3 is 24.7 Å². The van der Waals surface area contributed by atoms with Crippen LogP contribution in [0.5, 0.6) is 0 Å². The van der Waals surface area contributed by atoms with E-state index in [1.54, 1.807) is 12.1 Å². The molecule has 2 aromatic rings. The van der Waals surface area contributed by atoms with Crippen LogP contribution in [0.1, 0.15) is 65.5 Å². The van der Waals surface area contributed by atoms with Gasteiger partial charge in [0.05, 0.1) is 11.1 Å². The van der Waals surface area contributed by atoms with E-state index >= 15 is 0 Å². The highest BCUT2D eigenvalue weighted by Crippen LogP contribution is 2.44. The van der Waals surface area contributed by atoms with Crippen molar-refractivity contribution in [2.24, 2.45) is 11.3 Å². The second kappa shape index (κ2) is 10.6. The number of hydrogen-bond donors (Lipinski definition) is 1. The molecule has 2 aromatic heterocycles. The van der Waals surface area contributed by atoms with E-state index in [2.05, 4.69) is 16.2 Å². The molecule has 4 rings (SSSR count). The molecular weight excluding hydrogens is 494 g/mol. The van der Waals surface area contributed by atoms with Crippen molar-refractivity contribution in [1.29, 1.82) is 5.26 Å². The van der Waals surface area contributed by atoms with Crippen LogP contribution in [0.3, 0.4) is 0 Å². The van der Waals surface area contributed by atoms with Gasteiger partial charge in [-0.25, -0.2) is 9.50 Å². The molecule has 0 spiro atoms. The maximum absolute atomic E-state index is 13.2. The van der Waals surface area contributed by atoms with Gasteiger partial charge in [0.2, 0.25) is 5.60 Å². The van der Waals surface area contributed by atoms with E-state index in [1.807, 2.05) is 13.8 Å². The number of nitriles is 1. The summed E-state index contributed by atoms with van der Waals surface area (Å²) >= 11 is 0. The first-order chi connectivity index (χ1) is 18.0. The number of esters is 3. The number of hydrogen-bond acceptors (Lipinski definition) is 11. The van der Waals surface area contributed by atoms with Gasteiger partial charge in [0.25, 0.3) is 0 Å². The number of carbonyl (C=O) groups is 3. The van der Waals surface area contributed by atoms with Gasteiger partial charge in [-0.1, -0.05) is 19.3 Å². The van der Waals surface area contributed by atoms with E-state index < -0.39 is 47.2 Å². The third-order valence-corrected chi connectivity index (χ3v) is 7.56. The number of nitrogens with two attached hydrogens (primary N) is 1. The van der Waals surface area contributed by atoms with Gasteiger partial charge in [0, 0.05) is 13.8 Å². The molecule has 2 N–H and O–H groups in total. The molecule has 3 heterocycles. The predicted octanol–water partition coefficient (Wildman–Crippen LogP) is 2.44. The molecule has 0 radical (unpaired) electrons. The molecule has 204 valence electrons. The molecule has 0 bridgehead atoms. The zero-order valence-corrected chi connectivity index (χ0v) is 22.0. The predicted molar refractivity (Wildman–Crippen MR) is 132 cm³/mol. The maximum Gasteiger partial charge on any atom is 0.311 e. The summed E-state index contributed by atoms with van der Waals surface area (Å²) in [5.41, 5.74) is 3.85. The molecule has 0 aromatic carbocycles. The van der Waals surface area contributed by atoms with Crippen LogP contribution in [-0.4, -0.2) is 57.4 Å². The fraction of sp³-hybridized carbons (Fsp3) is 0.615. The second-order valence-corrected chi connectivity index (χ2v) is 10.4. The molecule has 1 saturated carbocycles. The first kappa shape index (κ1) is 27.3. The molecule has 38 heavy (non-hydrogen) atoms. The number of ether oxygens (including phenoxy) is 4. The third-order valence-electron chi connectivity index (χ3n) is 7.56. The van der Waals surface area contributed by atoms with Gasteiger partial charge in [-0.3, -0.25) is 14.4 Å². The standard InChI is InChI=1S/C26H33N5O7/c1-15(32)36-21-19(12-35-24(34)25(3,4)17-8-6-5-7-9-17)38-26(13-27,22(21)37-16(2)33)20-11-10-18-23(28)29-14-30-31(18)20/h10-11,14,17,19,21-22H,5-9,12H2,1-4H3,(H2,28,29,30)/t19-,21-,22-,26+/m1/s1. The van der Waals surface area contributed by atoms with E-state index in [-0.39, 0.29) is 24.0 Å². The van der Waals surface area contributed by atoms with Crippen molar-refractivity contribution in [3.05, 3.63) is 24.2 Å². The van der Waals surface area contributed by atoms with Crippen LogP contribution in [0.15, 0.2) is 18.5 Å². The Morgan fingerprint density at radius 1 is 1.18 bits per heavy atom. The van der Waals surface area contributed by atoms with Crippen molar-refractivity contribution in [2.75, 3.05) is 12.3 Å². The Balaban J connectivity index is 1.69. The molecule has 12 nitrogen and oxygen atoms in total. The minimum absolute atomic E-state index is 0.160. The molecule has 2 aliphatic rings. The van der Waals surface area contributed by atoms with Crippen LogP contribution in [0.2, 0.25) is 0 Å². The van der Waals surface area contributed by atoms with Crippen molar-refractivity contribution < 1.29 is 33.3 Å². The Hall–Kier alpha value is -3.72. The van der Waals surface area contributed by atoms with E-state index in [9.17, 15) is 19.6 Å². The highest BCUT2D eigenvalue weighted by atomic mass is 16.7. The Bertz CT molecular complexity index is 1260. The second-order valence-electron chi connectivity index (χ2n) is 10.4. The number of nitrogens with zero attached hydrogens (tertiary/aromatic N) is 4. The van der Waals surface area contributed by atoms with E-state index in [0.29, 0.717) is 5.52 Å². The van der Waals surface area contributed by atoms with Crippen molar-refractivity contribution in [3.8, 4) is 6.07 Å². The zero-order chi connectivity index (χ0) is 27.7. The number of carbonyl (C=O) groups excluding carboxylic acids is 3. The monoisotopic (exact) mass is 527 g/mol. The Labute approximate surface area is 220 Å². The van der Waals surface area contributed by atoms with E-state index in [0.717, 1.165) is 32.1 Å². The first-order valence-corrected chi connectivity index (χ1v) is 12.7. The largest absolute Gasteiger partial charge is 0.462 e. The lowest BCUT2D eigenvalue weighted by Crippen LogP contribution is -2.46. The van der Waals surface area contributed by atoms with E-state index in [4.69, 9.17) is 24.7 Å². The third kappa shape index (κ3) is 4.90. The molecule has 1 aliphatic carbocycles. The number of fused-ring (bicyclic) bond motifs is 1. The van der Waals surface area contributed by atoms with Gasteiger partial charge in [0.1, 0.15) is 30.6 Å². The van der Waals surface area contributed by atoms with Crippen LogP contribution in [0, 0.1) is 22.7 Å². The molecule has 1 aliphatic heterocycles.